The van der Waals surface area contributed by atoms with E-state index in [1.54, 1.807) is 0 Å². The molecule has 0 radical (unpaired) electrons. The third-order valence-corrected chi connectivity index (χ3v) is 4.55. The first-order valence-corrected chi connectivity index (χ1v) is 7.36. The summed E-state index contributed by atoms with van der Waals surface area (Å²) in [4.78, 5) is 0. The summed E-state index contributed by atoms with van der Waals surface area (Å²) >= 11 is 0. The van der Waals surface area contributed by atoms with Gasteiger partial charge in [-0.1, -0.05) is 49.4 Å². The van der Waals surface area contributed by atoms with Crippen LogP contribution in [0.25, 0.3) is 32.3 Å². The van der Waals surface area contributed by atoms with Crippen molar-refractivity contribution in [3.63, 3.8) is 0 Å². The number of benzene rings is 4. The second kappa shape index (κ2) is 3.96. The van der Waals surface area contributed by atoms with Crippen LogP contribution in [0, 0.1) is 13.8 Å². The van der Waals surface area contributed by atoms with Gasteiger partial charge in [-0.2, -0.15) is 0 Å². The van der Waals surface area contributed by atoms with Crippen molar-refractivity contribution in [1.29, 1.82) is 0 Å². The molecule has 0 heterocycles. The summed E-state index contributed by atoms with van der Waals surface area (Å²) in [7, 11) is 0. The van der Waals surface area contributed by atoms with E-state index in [1.807, 2.05) is 0 Å². The summed E-state index contributed by atoms with van der Waals surface area (Å²) in [5.74, 6) is 0. The van der Waals surface area contributed by atoms with Crippen LogP contribution in [0.4, 0.5) is 0 Å². The number of hydrogen-bond acceptors (Lipinski definition) is 0. The lowest BCUT2D eigenvalue weighted by molar-refractivity contribution is 1.13. The van der Waals surface area contributed by atoms with E-state index in [9.17, 15) is 0 Å². The number of rotatable bonds is 1. The third kappa shape index (κ3) is 1.42. The van der Waals surface area contributed by atoms with Gasteiger partial charge in [0, 0.05) is 0 Å². The zero-order valence-electron chi connectivity index (χ0n) is 12.2. The fourth-order valence-corrected chi connectivity index (χ4v) is 3.72. The summed E-state index contributed by atoms with van der Waals surface area (Å²) < 4.78 is 0. The van der Waals surface area contributed by atoms with Crippen molar-refractivity contribution in [2.24, 2.45) is 0 Å². The monoisotopic (exact) mass is 258 g/mol. The molecule has 0 nitrogen and oxygen atoms in total. The lowest BCUT2D eigenvalue weighted by atomic mass is 9.88. The van der Waals surface area contributed by atoms with Crippen molar-refractivity contribution in [2.45, 2.75) is 27.2 Å². The smallest absolute Gasteiger partial charge is 0.00238 e. The molecule has 0 bridgehead atoms. The Balaban J connectivity index is 2.36. The average Bonchev–Trinajstić information content (AvgIpc) is 2.43. The Morgan fingerprint density at radius 2 is 1.35 bits per heavy atom. The molecule has 0 spiro atoms. The Morgan fingerprint density at radius 3 is 2.00 bits per heavy atom. The van der Waals surface area contributed by atoms with Crippen molar-refractivity contribution < 1.29 is 0 Å². The van der Waals surface area contributed by atoms with Gasteiger partial charge in [0.15, 0.2) is 0 Å². The minimum absolute atomic E-state index is 1.10. The first-order valence-electron chi connectivity index (χ1n) is 7.36. The van der Waals surface area contributed by atoms with Crippen LogP contribution in [0.5, 0.6) is 0 Å². The zero-order valence-corrected chi connectivity index (χ0v) is 12.2. The molecule has 0 aliphatic rings. The van der Waals surface area contributed by atoms with Gasteiger partial charge in [-0.3, -0.25) is 0 Å². The average molecular weight is 258 g/mol. The summed E-state index contributed by atoms with van der Waals surface area (Å²) in [6, 6.07) is 16.1. The zero-order chi connectivity index (χ0) is 13.9. The van der Waals surface area contributed by atoms with E-state index in [1.165, 1.54) is 49.0 Å². The van der Waals surface area contributed by atoms with Crippen molar-refractivity contribution >= 4 is 32.3 Å². The van der Waals surface area contributed by atoms with Gasteiger partial charge in [0.05, 0.1) is 0 Å². The highest BCUT2D eigenvalue weighted by atomic mass is 14.2. The first kappa shape index (κ1) is 11.7. The molecule has 98 valence electrons. The molecule has 20 heavy (non-hydrogen) atoms. The highest BCUT2D eigenvalue weighted by Gasteiger charge is 2.12. The Labute approximate surface area is 119 Å². The van der Waals surface area contributed by atoms with Gasteiger partial charge >= 0.3 is 0 Å². The van der Waals surface area contributed by atoms with Crippen LogP contribution in [-0.2, 0) is 6.42 Å². The van der Waals surface area contributed by atoms with E-state index in [0.717, 1.165) is 6.42 Å². The molecule has 0 saturated carbocycles. The van der Waals surface area contributed by atoms with Crippen LogP contribution in [0.15, 0.2) is 42.5 Å². The summed E-state index contributed by atoms with van der Waals surface area (Å²) in [5, 5.41) is 8.41. The SMILES string of the molecule is CCc1c(C)cc2ccc3cc(C)cc4ccc1c2c34. The minimum Gasteiger partial charge on any atom is -0.0613 e. The summed E-state index contributed by atoms with van der Waals surface area (Å²) in [6.07, 6.45) is 1.10. The maximum Gasteiger partial charge on any atom is -0.00238 e. The van der Waals surface area contributed by atoms with E-state index < -0.39 is 0 Å². The molecule has 4 aromatic carbocycles. The maximum atomic E-state index is 2.35. The normalized spacial score (nSPS) is 11.9. The summed E-state index contributed by atoms with van der Waals surface area (Å²) in [6.45, 7) is 6.66. The van der Waals surface area contributed by atoms with Gasteiger partial charge in [0.25, 0.3) is 0 Å². The Hall–Kier alpha value is -2.08. The quantitative estimate of drug-likeness (QED) is 0.380. The lowest BCUT2D eigenvalue weighted by Gasteiger charge is -2.16. The van der Waals surface area contributed by atoms with Crippen molar-refractivity contribution in [3.05, 3.63) is 59.2 Å². The predicted molar refractivity (Wildman–Crippen MR) is 89.0 cm³/mol. The fourth-order valence-electron chi connectivity index (χ4n) is 3.72. The molecule has 0 fully saturated rings. The van der Waals surface area contributed by atoms with E-state index >= 15 is 0 Å². The topological polar surface area (TPSA) is 0 Å². The highest BCUT2D eigenvalue weighted by molar-refractivity contribution is 6.23. The minimum atomic E-state index is 1.10. The van der Waals surface area contributed by atoms with Crippen LogP contribution < -0.4 is 0 Å². The van der Waals surface area contributed by atoms with E-state index in [-0.39, 0.29) is 0 Å². The van der Waals surface area contributed by atoms with Crippen LogP contribution in [0.2, 0.25) is 0 Å². The maximum absolute atomic E-state index is 2.35. The van der Waals surface area contributed by atoms with Crippen LogP contribution in [-0.4, -0.2) is 0 Å². The Bertz CT molecular complexity index is 926. The van der Waals surface area contributed by atoms with Crippen LogP contribution in [0.1, 0.15) is 23.6 Å². The molecular formula is C20H18. The van der Waals surface area contributed by atoms with Gasteiger partial charge in [-0.15, -0.1) is 0 Å². The molecule has 0 aliphatic carbocycles. The van der Waals surface area contributed by atoms with Crippen molar-refractivity contribution in [3.8, 4) is 0 Å². The van der Waals surface area contributed by atoms with Crippen molar-refractivity contribution in [2.75, 3.05) is 0 Å². The highest BCUT2D eigenvalue weighted by Crippen LogP contribution is 2.37. The Kier molecular flexibility index (Phi) is 2.32. The second-order valence-corrected chi connectivity index (χ2v) is 5.89. The van der Waals surface area contributed by atoms with E-state index in [0.29, 0.717) is 0 Å². The van der Waals surface area contributed by atoms with Gasteiger partial charge in [-0.25, -0.2) is 0 Å². The second-order valence-electron chi connectivity index (χ2n) is 5.89. The molecule has 4 rings (SSSR count). The molecule has 0 unspecified atom stereocenters. The summed E-state index contributed by atoms with van der Waals surface area (Å²) in [5.41, 5.74) is 4.24. The molecular weight excluding hydrogens is 240 g/mol. The number of aryl methyl sites for hydroxylation is 3. The lowest BCUT2D eigenvalue weighted by Crippen LogP contribution is -1.92. The van der Waals surface area contributed by atoms with Gasteiger partial charge in [-0.05, 0) is 69.3 Å². The van der Waals surface area contributed by atoms with Gasteiger partial charge < -0.3 is 0 Å². The van der Waals surface area contributed by atoms with Crippen LogP contribution in [0.3, 0.4) is 0 Å². The molecule has 4 aromatic rings. The molecule has 0 aliphatic heterocycles. The molecule has 0 heteroatoms. The first-order chi connectivity index (χ1) is 9.69. The van der Waals surface area contributed by atoms with Gasteiger partial charge in [0.1, 0.15) is 0 Å². The standard InChI is InChI=1S/C20H18/c1-4-17-13(3)11-16-6-5-14-9-12(2)10-15-7-8-18(17)20(16)19(14)15/h5-11H,4H2,1-3H3. The molecule has 0 atom stereocenters. The fraction of sp³-hybridized carbons (Fsp3) is 0.200. The van der Waals surface area contributed by atoms with Gasteiger partial charge in [0.2, 0.25) is 0 Å². The molecule has 0 amide bonds. The Morgan fingerprint density at radius 1 is 0.750 bits per heavy atom. The molecule has 0 N–H and O–H groups in total. The molecule has 0 saturated heterocycles. The van der Waals surface area contributed by atoms with Crippen molar-refractivity contribution in [1.82, 2.24) is 0 Å². The predicted octanol–water partition coefficient (Wildman–Crippen LogP) is 5.76. The number of hydrogen-bond donors (Lipinski definition) is 0. The van der Waals surface area contributed by atoms with E-state index in [2.05, 4.69) is 63.2 Å². The van der Waals surface area contributed by atoms with E-state index in [4.69, 9.17) is 0 Å². The third-order valence-electron chi connectivity index (χ3n) is 4.55. The largest absolute Gasteiger partial charge is 0.0613 e. The molecule has 0 aromatic heterocycles. The van der Waals surface area contributed by atoms with Crippen LogP contribution >= 0.6 is 0 Å².